The number of pyridine rings is 1. The van der Waals surface area contributed by atoms with E-state index in [1.165, 1.54) is 44.2 Å². The lowest BCUT2D eigenvalue weighted by Gasteiger charge is -2.29. The van der Waals surface area contributed by atoms with Crippen molar-refractivity contribution >= 4 is 69.8 Å². The molecule has 7 rings (SSSR count). The van der Waals surface area contributed by atoms with E-state index in [1.807, 2.05) is 0 Å². The minimum atomic E-state index is -5.29. The van der Waals surface area contributed by atoms with Gasteiger partial charge in [-0.15, -0.1) is 0 Å². The maximum atomic E-state index is 15.7. The smallest absolute Gasteiger partial charge is 0.420 e. The van der Waals surface area contributed by atoms with Crippen molar-refractivity contribution in [3.05, 3.63) is 100 Å². The number of amides is 6. The third-order valence-electron chi connectivity index (χ3n) is 10.3. The van der Waals surface area contributed by atoms with E-state index in [0.29, 0.717) is 11.0 Å². The van der Waals surface area contributed by atoms with Crippen LogP contribution in [0.1, 0.15) is 58.5 Å². The van der Waals surface area contributed by atoms with Crippen LogP contribution in [-0.4, -0.2) is 81.7 Å². The van der Waals surface area contributed by atoms with Crippen LogP contribution in [-0.2, 0) is 25.4 Å². The first-order chi connectivity index (χ1) is 29.8. The SMILES string of the molecule is CC1(C)C(=O)N(c2ccc(C#N)c(C(F)(F)F)c2F)C(=S)N1c1cnc(-c2ccc(OCC(=O)NCCNc3cccc4c3C(=O)N(C3CCC(=O)NC3=O)C4=O)c(F)c2)c(F)c1. The van der Waals surface area contributed by atoms with E-state index in [4.69, 9.17) is 22.2 Å². The topological polar surface area (TPSA) is 194 Å². The molecule has 324 valence electrons. The fraction of sp³-hybridized carbons (Fsp3) is 0.244. The summed E-state index contributed by atoms with van der Waals surface area (Å²) in [6, 6.07) is 10.3. The highest BCUT2D eigenvalue weighted by molar-refractivity contribution is 7.81. The zero-order valence-corrected chi connectivity index (χ0v) is 33.5. The Hall–Kier alpha value is -7.41. The third-order valence-corrected chi connectivity index (χ3v) is 10.7. The third kappa shape index (κ3) is 7.86. The maximum absolute atomic E-state index is 15.7. The average molecular weight is 893 g/mol. The van der Waals surface area contributed by atoms with E-state index in [2.05, 4.69) is 20.9 Å². The first-order valence-electron chi connectivity index (χ1n) is 18.7. The number of thiocarbonyl (C=S) groups is 1. The van der Waals surface area contributed by atoms with Gasteiger partial charge in [0.25, 0.3) is 23.6 Å². The summed E-state index contributed by atoms with van der Waals surface area (Å²) in [7, 11) is 0. The van der Waals surface area contributed by atoms with Gasteiger partial charge >= 0.3 is 6.18 Å². The number of hydrogen-bond donors (Lipinski definition) is 3. The van der Waals surface area contributed by atoms with E-state index < -0.39 is 99.2 Å². The second kappa shape index (κ2) is 16.5. The minimum absolute atomic E-state index is 0.00987. The van der Waals surface area contributed by atoms with Gasteiger partial charge in [0.15, 0.2) is 34.9 Å². The molecule has 1 unspecified atom stereocenters. The summed E-state index contributed by atoms with van der Waals surface area (Å²) in [6.45, 7) is 2.04. The van der Waals surface area contributed by atoms with E-state index in [1.54, 1.807) is 0 Å². The molecular weight excluding hydrogens is 863 g/mol. The summed E-state index contributed by atoms with van der Waals surface area (Å²) < 4.78 is 92.7. The van der Waals surface area contributed by atoms with E-state index in [9.17, 15) is 41.9 Å². The highest BCUT2D eigenvalue weighted by Gasteiger charge is 2.52. The van der Waals surface area contributed by atoms with E-state index >= 15 is 13.2 Å². The largest absolute Gasteiger partial charge is 0.481 e. The first-order valence-corrected chi connectivity index (χ1v) is 19.1. The maximum Gasteiger partial charge on any atom is 0.420 e. The number of benzene rings is 3. The zero-order chi connectivity index (χ0) is 45.7. The Bertz CT molecular complexity index is 2720. The second-order valence-corrected chi connectivity index (χ2v) is 15.0. The van der Waals surface area contributed by atoms with Crippen LogP contribution >= 0.6 is 12.2 Å². The molecule has 3 aliphatic rings. The number of fused-ring (bicyclic) bond motifs is 1. The molecule has 0 saturated carbocycles. The molecule has 6 amide bonds. The van der Waals surface area contributed by atoms with Crippen LogP contribution in [0, 0.1) is 28.8 Å². The van der Waals surface area contributed by atoms with Crippen LogP contribution < -0.4 is 30.5 Å². The number of hydrogen-bond acceptors (Lipinski definition) is 11. The molecule has 0 spiro atoms. The van der Waals surface area contributed by atoms with Crippen molar-refractivity contribution in [3.63, 3.8) is 0 Å². The molecule has 0 radical (unpaired) electrons. The summed E-state index contributed by atoms with van der Waals surface area (Å²) >= 11 is 5.39. The molecule has 22 heteroatoms. The van der Waals surface area contributed by atoms with Crippen LogP contribution in [0.15, 0.2) is 60.8 Å². The number of nitrogens with zero attached hydrogens (tertiary/aromatic N) is 5. The number of nitrogens with one attached hydrogen (secondary N) is 3. The predicted octanol–water partition coefficient (Wildman–Crippen LogP) is 4.98. The number of carbonyl (C=O) groups excluding carboxylic acids is 6. The van der Waals surface area contributed by atoms with Gasteiger partial charge in [-0.2, -0.15) is 18.4 Å². The Kier molecular flexibility index (Phi) is 11.4. The lowest BCUT2D eigenvalue weighted by atomic mass is 10.0. The van der Waals surface area contributed by atoms with Gasteiger partial charge in [-0.25, -0.2) is 13.2 Å². The van der Waals surface area contributed by atoms with Crippen LogP contribution in [0.25, 0.3) is 11.3 Å². The molecule has 1 atom stereocenters. The molecule has 2 fully saturated rings. The number of ether oxygens (including phenoxy) is 1. The van der Waals surface area contributed by atoms with Gasteiger partial charge in [0.05, 0.1) is 40.3 Å². The lowest BCUT2D eigenvalue weighted by Crippen LogP contribution is -2.54. The molecule has 63 heavy (non-hydrogen) atoms. The fourth-order valence-electron chi connectivity index (χ4n) is 7.33. The molecule has 3 aromatic carbocycles. The molecule has 4 heterocycles. The molecule has 3 N–H and O–H groups in total. The fourth-order valence-corrected chi connectivity index (χ4v) is 7.85. The van der Waals surface area contributed by atoms with Gasteiger partial charge in [0.2, 0.25) is 11.8 Å². The van der Waals surface area contributed by atoms with Crippen molar-refractivity contribution in [2.75, 3.05) is 34.8 Å². The quantitative estimate of drug-likeness (QED) is 0.0793. The van der Waals surface area contributed by atoms with Gasteiger partial charge in [-0.1, -0.05) is 6.07 Å². The highest BCUT2D eigenvalue weighted by atomic mass is 32.1. The van der Waals surface area contributed by atoms with Crippen LogP contribution in [0.4, 0.5) is 43.4 Å². The molecule has 4 aromatic rings. The monoisotopic (exact) mass is 892 g/mol. The van der Waals surface area contributed by atoms with Crippen molar-refractivity contribution in [2.24, 2.45) is 0 Å². The molecule has 15 nitrogen and oxygen atoms in total. The average Bonchev–Trinajstić information content (AvgIpc) is 3.57. The summed E-state index contributed by atoms with van der Waals surface area (Å²) in [5, 5.41) is 16.2. The first kappa shape index (κ1) is 43.7. The van der Waals surface area contributed by atoms with Gasteiger partial charge < -0.3 is 20.3 Å². The van der Waals surface area contributed by atoms with Crippen LogP contribution in [0.2, 0.25) is 0 Å². The van der Waals surface area contributed by atoms with E-state index in [0.717, 1.165) is 40.3 Å². The molecule has 2 saturated heterocycles. The van der Waals surface area contributed by atoms with Crippen LogP contribution in [0.3, 0.4) is 0 Å². The highest BCUT2D eigenvalue weighted by Crippen LogP contribution is 2.42. The van der Waals surface area contributed by atoms with Gasteiger partial charge in [0, 0.05) is 36.8 Å². The Balaban J connectivity index is 0.961. The number of aromatic nitrogens is 1. The molecule has 1 aromatic heterocycles. The number of halogens is 6. The van der Waals surface area contributed by atoms with Crippen molar-refractivity contribution in [2.45, 2.75) is 44.4 Å². The summed E-state index contributed by atoms with van der Waals surface area (Å²) in [6.07, 6.45) is -4.27. The molecule has 0 bridgehead atoms. The number of piperidine rings is 1. The summed E-state index contributed by atoms with van der Waals surface area (Å²) in [5.74, 6) is -8.61. The Morgan fingerprint density at radius 1 is 1.02 bits per heavy atom. The van der Waals surface area contributed by atoms with Crippen LogP contribution in [0.5, 0.6) is 5.75 Å². The van der Waals surface area contributed by atoms with Crippen molar-refractivity contribution in [1.82, 2.24) is 20.5 Å². The Morgan fingerprint density at radius 2 is 1.76 bits per heavy atom. The molecule has 3 aliphatic heterocycles. The second-order valence-electron chi connectivity index (χ2n) is 14.7. The minimum Gasteiger partial charge on any atom is -0.481 e. The molecular formula is C41H30F6N8O7S. The normalized spacial score (nSPS) is 17.2. The van der Waals surface area contributed by atoms with Gasteiger partial charge in [0.1, 0.15) is 22.8 Å². The zero-order valence-electron chi connectivity index (χ0n) is 32.7. The number of anilines is 3. The number of carbonyl (C=O) groups is 6. The summed E-state index contributed by atoms with van der Waals surface area (Å²) in [5.41, 5.74) is -5.72. The van der Waals surface area contributed by atoms with Crippen molar-refractivity contribution in [1.29, 1.82) is 5.26 Å². The number of nitriles is 1. The number of rotatable bonds is 11. The Labute approximate surface area is 357 Å². The van der Waals surface area contributed by atoms with Gasteiger partial charge in [-0.3, -0.25) is 48.9 Å². The predicted molar refractivity (Wildman–Crippen MR) is 212 cm³/mol. The van der Waals surface area contributed by atoms with Crippen molar-refractivity contribution in [3.8, 4) is 23.1 Å². The van der Waals surface area contributed by atoms with E-state index in [-0.39, 0.29) is 65.4 Å². The Morgan fingerprint density at radius 3 is 2.43 bits per heavy atom. The number of imide groups is 2. The molecule has 0 aliphatic carbocycles. The standard InChI is InChI=1S/C41H30F6N8O7S/c1-40(2)38(61)54(26-8-6-20(16-48)32(33(26)44)41(45,46)47)39(63)55(40)21-15-24(43)34(51-17-21)19-7-10-28(23(42)14-19)62-18-30(57)50-13-12-49-25-5-3-4-22-31(25)37(60)53(36(22)59)27-9-11-29(56)52-35(27)58/h3-8,10,14-15,17,27,49H,9,11-13,18H2,1-2H3,(H,50,57)(H,52,56,58). The number of alkyl halides is 3. The van der Waals surface area contributed by atoms with Crippen molar-refractivity contribution < 1.29 is 59.8 Å². The summed E-state index contributed by atoms with van der Waals surface area (Å²) in [4.78, 5) is 82.8. The lowest BCUT2D eigenvalue weighted by molar-refractivity contribution is -0.140. The van der Waals surface area contributed by atoms with Gasteiger partial charge in [-0.05, 0) is 75.0 Å².